The number of carbonyl (C=O) groups excluding carboxylic acids is 2. The fourth-order valence-electron chi connectivity index (χ4n) is 4.34. The second kappa shape index (κ2) is 10.8. The summed E-state index contributed by atoms with van der Waals surface area (Å²) >= 11 is 0. The number of amides is 2. The van der Waals surface area contributed by atoms with E-state index >= 15 is 0 Å². The average molecular weight is 529 g/mol. The largest absolute Gasteiger partial charge is 0.490 e. The molecular weight excluding hydrogens is 496 g/mol. The van der Waals surface area contributed by atoms with Gasteiger partial charge >= 0.3 is 11.8 Å². The number of nitro groups is 1. The van der Waals surface area contributed by atoms with Gasteiger partial charge in [-0.25, -0.2) is 14.8 Å². The number of aliphatic imine (C=N–C) groups is 1. The topological polar surface area (TPSA) is 148 Å². The number of nitrogens with one attached hydrogen (secondary N) is 2. The number of hydrogen-bond donors (Lipinski definition) is 2. The molecule has 0 fully saturated rings. The van der Waals surface area contributed by atoms with Crippen molar-refractivity contribution in [3.63, 3.8) is 0 Å². The first-order chi connectivity index (χ1) is 18.0. The number of fused-ring (bicyclic) bond motifs is 3. The van der Waals surface area contributed by atoms with Crippen LogP contribution in [0.5, 0.6) is 5.75 Å². The lowest BCUT2D eigenvalue weighted by molar-refractivity contribution is -0.385. The van der Waals surface area contributed by atoms with Crippen LogP contribution in [-0.2, 0) is 20.9 Å². The van der Waals surface area contributed by atoms with Gasteiger partial charge in [-0.15, -0.1) is 0 Å². The second-order valence-electron chi connectivity index (χ2n) is 10.1. The van der Waals surface area contributed by atoms with Crippen LogP contribution in [0.1, 0.15) is 39.7 Å². The zero-order valence-electron chi connectivity index (χ0n) is 22.1. The lowest BCUT2D eigenvalue weighted by Gasteiger charge is -2.38. The van der Waals surface area contributed by atoms with E-state index < -0.39 is 22.5 Å². The van der Waals surface area contributed by atoms with Crippen molar-refractivity contribution in [1.82, 2.24) is 20.7 Å². The van der Waals surface area contributed by atoms with Gasteiger partial charge in [0, 0.05) is 24.4 Å². The number of carbonyl (C=O) groups is 2. The molecule has 13 heteroatoms. The monoisotopic (exact) mass is 528 g/mol. The number of alkyl carbamates (subject to hydrolysis) is 1. The number of hydrazine groups is 1. The van der Waals surface area contributed by atoms with Gasteiger partial charge in [-0.1, -0.05) is 6.07 Å². The average Bonchev–Trinajstić information content (AvgIpc) is 3.47. The number of nitro benzene ring substituents is 1. The lowest BCUT2D eigenvalue weighted by atomic mass is 10.2. The third-order valence-corrected chi connectivity index (χ3v) is 6.05. The third kappa shape index (κ3) is 5.78. The Balaban J connectivity index is 1.46. The number of benzene rings is 1. The van der Waals surface area contributed by atoms with Crippen LogP contribution >= 0.6 is 0 Å². The molecule has 0 bridgehead atoms. The van der Waals surface area contributed by atoms with E-state index in [1.54, 1.807) is 26.8 Å². The number of imide groups is 1. The molecule has 0 saturated carbocycles. The van der Waals surface area contributed by atoms with Crippen LogP contribution in [0.25, 0.3) is 0 Å². The van der Waals surface area contributed by atoms with Crippen LogP contribution in [0, 0.1) is 10.1 Å². The van der Waals surface area contributed by atoms with E-state index in [4.69, 9.17) is 14.2 Å². The van der Waals surface area contributed by atoms with E-state index in [1.165, 1.54) is 19.2 Å². The summed E-state index contributed by atoms with van der Waals surface area (Å²) in [7, 11) is 1.38. The van der Waals surface area contributed by atoms with Gasteiger partial charge < -0.3 is 19.5 Å². The molecule has 13 nitrogen and oxygen atoms in total. The van der Waals surface area contributed by atoms with Crippen molar-refractivity contribution in [2.24, 2.45) is 4.99 Å². The molecule has 3 aliphatic rings. The van der Waals surface area contributed by atoms with Crippen molar-refractivity contribution >= 4 is 23.5 Å². The maximum absolute atomic E-state index is 13.1. The van der Waals surface area contributed by atoms with E-state index in [0.29, 0.717) is 23.5 Å². The molecule has 2 amide bonds. The summed E-state index contributed by atoms with van der Waals surface area (Å²) in [4.78, 5) is 40.8. The van der Waals surface area contributed by atoms with Crippen molar-refractivity contribution < 1.29 is 28.7 Å². The number of hydrogen-bond acceptors (Lipinski definition) is 11. The number of ether oxygens (including phenoxy) is 3. The molecule has 3 aliphatic heterocycles. The smallest absolute Gasteiger partial charge is 0.414 e. The predicted octanol–water partition coefficient (Wildman–Crippen LogP) is 2.59. The second-order valence-corrected chi connectivity index (χ2v) is 10.1. The highest BCUT2D eigenvalue weighted by atomic mass is 16.6. The summed E-state index contributed by atoms with van der Waals surface area (Å²) < 4.78 is 16.2. The molecule has 0 spiro atoms. The highest BCUT2D eigenvalue weighted by Gasteiger charge is 2.42. The summed E-state index contributed by atoms with van der Waals surface area (Å²) in [6, 6.07) is 4.47. The Morgan fingerprint density at radius 2 is 2.08 bits per heavy atom. The number of amidine groups is 1. The molecule has 1 atom stereocenters. The maximum Gasteiger partial charge on any atom is 0.414 e. The Bertz CT molecular complexity index is 1230. The molecule has 0 aromatic heterocycles. The van der Waals surface area contributed by atoms with Crippen molar-refractivity contribution in [3.8, 4) is 5.75 Å². The van der Waals surface area contributed by atoms with Crippen LogP contribution in [0.4, 0.5) is 10.5 Å². The minimum absolute atomic E-state index is 0.131. The Morgan fingerprint density at radius 3 is 2.76 bits per heavy atom. The molecule has 38 heavy (non-hydrogen) atoms. The number of nitrogens with zero attached hydrogens (tertiary/aromatic N) is 4. The summed E-state index contributed by atoms with van der Waals surface area (Å²) in [5.41, 5.74) is 1.14. The number of rotatable bonds is 8. The normalized spacial score (nSPS) is 17.7. The Labute approximate surface area is 220 Å². The zero-order chi connectivity index (χ0) is 27.6. The fraction of sp³-hybridized carbons (Fsp3) is 0.480. The lowest BCUT2D eigenvalue weighted by Crippen LogP contribution is -2.51. The number of methoxy groups -OCH3 is 1. The Kier molecular flexibility index (Phi) is 7.69. The van der Waals surface area contributed by atoms with Crippen molar-refractivity contribution in [1.29, 1.82) is 0 Å². The quantitative estimate of drug-likeness (QED) is 0.381. The van der Waals surface area contributed by atoms with E-state index in [1.807, 2.05) is 23.1 Å². The molecule has 204 valence electrons. The van der Waals surface area contributed by atoms with Crippen LogP contribution in [0.15, 0.2) is 46.4 Å². The summed E-state index contributed by atoms with van der Waals surface area (Å²) in [5, 5.41) is 20.6. The maximum atomic E-state index is 13.1. The molecule has 3 heterocycles. The molecule has 0 aliphatic carbocycles. The molecule has 2 N–H and O–H groups in total. The van der Waals surface area contributed by atoms with E-state index in [9.17, 15) is 19.7 Å². The molecule has 1 aromatic rings. The van der Waals surface area contributed by atoms with Gasteiger partial charge in [0.15, 0.2) is 5.75 Å². The first-order valence-corrected chi connectivity index (χ1v) is 12.2. The van der Waals surface area contributed by atoms with Gasteiger partial charge in [-0.2, -0.15) is 0 Å². The van der Waals surface area contributed by atoms with Crippen molar-refractivity contribution in [2.75, 3.05) is 26.8 Å². The molecule has 4 rings (SSSR count). The predicted molar refractivity (Wildman–Crippen MR) is 137 cm³/mol. The summed E-state index contributed by atoms with van der Waals surface area (Å²) in [5.74, 6) is 0.881. The third-order valence-electron chi connectivity index (χ3n) is 6.05. The summed E-state index contributed by atoms with van der Waals surface area (Å²) in [6.07, 6.45) is 1.79. The first-order valence-electron chi connectivity index (χ1n) is 12.2. The van der Waals surface area contributed by atoms with E-state index in [-0.39, 0.29) is 37.2 Å². The Hall–Kier alpha value is -3.97. The van der Waals surface area contributed by atoms with Gasteiger partial charge in [0.1, 0.15) is 17.3 Å². The van der Waals surface area contributed by atoms with Crippen molar-refractivity contribution in [2.45, 2.75) is 52.4 Å². The highest BCUT2D eigenvalue weighted by Crippen LogP contribution is 2.33. The van der Waals surface area contributed by atoms with Crippen LogP contribution in [0.2, 0.25) is 0 Å². The van der Waals surface area contributed by atoms with Gasteiger partial charge in [0.25, 0.3) is 5.91 Å². The molecular formula is C25H32N6O7. The van der Waals surface area contributed by atoms with Crippen LogP contribution < -0.4 is 15.4 Å². The standard InChI is InChI=1S/C25H32N6O7/c1-15(13-37-14-16-6-7-20(36-5)19(10-16)31(34)35)29-12-18(23(32)28-24(33)38-25(2,3)4)22-27-11-17-8-9-26-21(17)30(22)29/h6-7,10-11,15,27H,8-9,12-14H2,1-5H3,(H,28,32,33). The zero-order valence-corrected chi connectivity index (χ0v) is 22.1. The van der Waals surface area contributed by atoms with Gasteiger partial charge in [0.05, 0.1) is 43.4 Å². The molecule has 1 aromatic carbocycles. The fourth-order valence-corrected chi connectivity index (χ4v) is 4.34. The van der Waals surface area contributed by atoms with Gasteiger partial charge in [-0.3, -0.25) is 25.2 Å². The minimum Gasteiger partial charge on any atom is -0.490 e. The Morgan fingerprint density at radius 1 is 1.32 bits per heavy atom. The molecule has 0 radical (unpaired) electrons. The van der Waals surface area contributed by atoms with Gasteiger partial charge in [0.2, 0.25) is 0 Å². The van der Waals surface area contributed by atoms with Crippen molar-refractivity contribution in [3.05, 3.63) is 57.0 Å². The van der Waals surface area contributed by atoms with Crippen LogP contribution in [-0.4, -0.2) is 71.2 Å². The van der Waals surface area contributed by atoms with E-state index in [0.717, 1.165) is 17.8 Å². The highest BCUT2D eigenvalue weighted by molar-refractivity contribution is 6.07. The minimum atomic E-state index is -0.823. The SMILES string of the molecule is COc1ccc(COCC(C)N2CC(C(=O)NC(=O)OC(C)(C)C)=C3NC=C4CCN=C4N32)cc1[N+](=O)[O-]. The van der Waals surface area contributed by atoms with E-state index in [2.05, 4.69) is 15.6 Å². The molecule has 1 unspecified atom stereocenters. The van der Waals surface area contributed by atoms with Crippen LogP contribution in [0.3, 0.4) is 0 Å². The molecule has 0 saturated heterocycles. The first kappa shape index (κ1) is 27.1. The van der Waals surface area contributed by atoms with Gasteiger partial charge in [-0.05, 0) is 45.7 Å². The summed E-state index contributed by atoms with van der Waals surface area (Å²) in [6.45, 7) is 8.36.